The summed E-state index contributed by atoms with van der Waals surface area (Å²) in [6.45, 7) is 7.10. The minimum Gasteiger partial charge on any atom is -0.467 e. The third-order valence-corrected chi connectivity index (χ3v) is 4.53. The van der Waals surface area contributed by atoms with Crippen LogP contribution in [0, 0.1) is 6.92 Å². The molecule has 0 saturated carbocycles. The number of furan rings is 1. The lowest BCUT2D eigenvalue weighted by atomic mass is 10.2. The Bertz CT molecular complexity index is 849. The van der Waals surface area contributed by atoms with E-state index in [1.165, 1.54) is 11.2 Å². The zero-order valence-electron chi connectivity index (χ0n) is 14.5. The Labute approximate surface area is 141 Å². The van der Waals surface area contributed by atoms with E-state index >= 15 is 0 Å². The number of benzene rings is 1. The van der Waals surface area contributed by atoms with Gasteiger partial charge in [-0.25, -0.2) is 4.79 Å². The van der Waals surface area contributed by atoms with E-state index in [1.54, 1.807) is 18.2 Å². The number of aromatic nitrogens is 1. The van der Waals surface area contributed by atoms with E-state index < -0.39 is 0 Å². The van der Waals surface area contributed by atoms with Crippen LogP contribution in [-0.2, 0) is 6.54 Å². The number of aryl methyl sites for hydroxylation is 2. The van der Waals surface area contributed by atoms with E-state index in [2.05, 4.69) is 35.9 Å². The molecular weight excluding hydrogens is 302 g/mol. The number of anilines is 1. The molecule has 5 heteroatoms. The smallest absolute Gasteiger partial charge is 0.322 e. The molecule has 5 nitrogen and oxygen atoms in total. The van der Waals surface area contributed by atoms with Gasteiger partial charge in [-0.1, -0.05) is 0 Å². The molecule has 0 spiro atoms. The van der Waals surface area contributed by atoms with Crippen LogP contribution >= 0.6 is 0 Å². The van der Waals surface area contributed by atoms with E-state index in [9.17, 15) is 4.79 Å². The average molecular weight is 325 g/mol. The lowest BCUT2D eigenvalue weighted by molar-refractivity contribution is 0.201. The predicted octanol–water partition coefficient (Wildman–Crippen LogP) is 4.79. The fraction of sp³-hybridized carbons (Fsp3) is 0.316. The first-order chi connectivity index (χ1) is 11.5. The fourth-order valence-corrected chi connectivity index (χ4v) is 3.01. The highest BCUT2D eigenvalue weighted by atomic mass is 16.3. The van der Waals surface area contributed by atoms with Gasteiger partial charge >= 0.3 is 6.03 Å². The van der Waals surface area contributed by atoms with Crippen LogP contribution in [0.25, 0.3) is 10.9 Å². The van der Waals surface area contributed by atoms with E-state index in [-0.39, 0.29) is 12.1 Å². The molecule has 2 aromatic heterocycles. The first kappa shape index (κ1) is 16.2. The van der Waals surface area contributed by atoms with Gasteiger partial charge in [0.05, 0.1) is 12.3 Å². The van der Waals surface area contributed by atoms with Crippen molar-refractivity contribution in [2.45, 2.75) is 33.4 Å². The second kappa shape index (κ2) is 6.43. The van der Waals surface area contributed by atoms with Crippen LogP contribution in [0.1, 0.15) is 31.3 Å². The first-order valence-electron chi connectivity index (χ1n) is 8.18. The Morgan fingerprint density at radius 2 is 2.12 bits per heavy atom. The summed E-state index contributed by atoms with van der Waals surface area (Å²) in [4.78, 5) is 14.1. The number of carbonyl (C=O) groups excluding carboxylic acids is 1. The quantitative estimate of drug-likeness (QED) is 0.750. The number of nitrogens with one attached hydrogen (secondary N) is 1. The van der Waals surface area contributed by atoms with Crippen LogP contribution < -0.4 is 5.32 Å². The van der Waals surface area contributed by atoms with Crippen molar-refractivity contribution in [1.82, 2.24) is 9.47 Å². The fourth-order valence-electron chi connectivity index (χ4n) is 3.01. The number of rotatable bonds is 4. The van der Waals surface area contributed by atoms with Crippen molar-refractivity contribution < 1.29 is 9.21 Å². The van der Waals surface area contributed by atoms with E-state index in [0.717, 1.165) is 23.4 Å². The molecule has 2 amide bonds. The van der Waals surface area contributed by atoms with Gasteiger partial charge in [0, 0.05) is 35.9 Å². The number of nitrogens with zero attached hydrogens (tertiary/aromatic N) is 2. The molecule has 126 valence electrons. The number of hydrogen-bond donors (Lipinski definition) is 1. The first-order valence-corrected chi connectivity index (χ1v) is 8.18. The van der Waals surface area contributed by atoms with Gasteiger partial charge in [0.15, 0.2) is 0 Å². The van der Waals surface area contributed by atoms with E-state index in [4.69, 9.17) is 4.42 Å². The molecule has 3 rings (SSSR count). The van der Waals surface area contributed by atoms with E-state index in [1.807, 2.05) is 31.2 Å². The summed E-state index contributed by atoms with van der Waals surface area (Å²) in [6, 6.07) is 11.6. The normalized spacial score (nSPS) is 12.3. The number of fused-ring (bicyclic) bond motifs is 1. The average Bonchev–Trinajstić information content (AvgIpc) is 3.19. The van der Waals surface area contributed by atoms with Crippen LogP contribution in [0.2, 0.25) is 0 Å². The van der Waals surface area contributed by atoms with Crippen molar-refractivity contribution in [2.75, 3.05) is 12.4 Å². The standard InChI is InChI=1S/C19H23N3O2/c1-5-22-13(2)11-15-12-16(8-9-17(15)22)20-19(23)21(4)14(3)18-7-6-10-24-18/h6-12,14H,5H2,1-4H3,(H,20,23)/t14-/m0/s1. The van der Waals surface area contributed by atoms with Gasteiger partial charge in [-0.15, -0.1) is 0 Å². The van der Waals surface area contributed by atoms with Gasteiger partial charge < -0.3 is 19.2 Å². The van der Waals surface area contributed by atoms with Crippen molar-refractivity contribution in [1.29, 1.82) is 0 Å². The molecule has 0 aliphatic carbocycles. The summed E-state index contributed by atoms with van der Waals surface area (Å²) in [6.07, 6.45) is 1.62. The molecule has 3 aromatic rings. The van der Waals surface area contributed by atoms with Crippen molar-refractivity contribution in [3.8, 4) is 0 Å². The highest BCUT2D eigenvalue weighted by Crippen LogP contribution is 2.24. The Morgan fingerprint density at radius 1 is 1.33 bits per heavy atom. The molecule has 0 unspecified atom stereocenters. The highest BCUT2D eigenvalue weighted by molar-refractivity contribution is 5.93. The van der Waals surface area contributed by atoms with Crippen molar-refractivity contribution in [3.63, 3.8) is 0 Å². The number of amides is 2. The SMILES string of the molecule is CCn1c(C)cc2cc(NC(=O)N(C)[C@@H](C)c3ccco3)ccc21. The van der Waals surface area contributed by atoms with Gasteiger partial charge in [0.1, 0.15) is 5.76 Å². The third kappa shape index (κ3) is 2.89. The van der Waals surface area contributed by atoms with Gasteiger partial charge in [-0.05, 0) is 57.2 Å². The largest absolute Gasteiger partial charge is 0.467 e. The summed E-state index contributed by atoms with van der Waals surface area (Å²) < 4.78 is 7.63. The van der Waals surface area contributed by atoms with Gasteiger partial charge in [0.25, 0.3) is 0 Å². The topological polar surface area (TPSA) is 50.4 Å². The molecule has 1 atom stereocenters. The van der Waals surface area contributed by atoms with Gasteiger partial charge in [-0.2, -0.15) is 0 Å². The van der Waals surface area contributed by atoms with Crippen LogP contribution in [0.4, 0.5) is 10.5 Å². The van der Waals surface area contributed by atoms with Crippen molar-refractivity contribution in [3.05, 3.63) is 54.1 Å². The third-order valence-electron chi connectivity index (χ3n) is 4.53. The molecular formula is C19H23N3O2. The minimum absolute atomic E-state index is 0.132. The van der Waals surface area contributed by atoms with Crippen LogP contribution in [0.15, 0.2) is 47.1 Å². The second-order valence-corrected chi connectivity index (χ2v) is 6.04. The lowest BCUT2D eigenvalue weighted by Crippen LogP contribution is -2.33. The molecule has 2 heterocycles. The molecule has 1 aromatic carbocycles. The Morgan fingerprint density at radius 3 is 2.79 bits per heavy atom. The Balaban J connectivity index is 1.78. The van der Waals surface area contributed by atoms with Crippen LogP contribution in [0.3, 0.4) is 0 Å². The van der Waals surface area contributed by atoms with Crippen LogP contribution in [-0.4, -0.2) is 22.5 Å². The Kier molecular flexibility index (Phi) is 4.34. The zero-order valence-corrected chi connectivity index (χ0v) is 14.5. The summed E-state index contributed by atoms with van der Waals surface area (Å²) in [5, 5.41) is 4.09. The molecule has 24 heavy (non-hydrogen) atoms. The molecule has 0 bridgehead atoms. The monoisotopic (exact) mass is 325 g/mol. The summed E-state index contributed by atoms with van der Waals surface area (Å²) in [5.41, 5.74) is 3.20. The second-order valence-electron chi connectivity index (χ2n) is 6.04. The zero-order chi connectivity index (χ0) is 17.3. The number of hydrogen-bond acceptors (Lipinski definition) is 2. The van der Waals surface area contributed by atoms with Crippen LogP contribution in [0.5, 0.6) is 0 Å². The number of carbonyl (C=O) groups is 1. The summed E-state index contributed by atoms with van der Waals surface area (Å²) in [7, 11) is 1.76. The molecule has 0 aliphatic heterocycles. The van der Waals surface area contributed by atoms with E-state index in [0.29, 0.717) is 0 Å². The molecule has 0 saturated heterocycles. The predicted molar refractivity (Wildman–Crippen MR) is 96.3 cm³/mol. The molecule has 0 radical (unpaired) electrons. The van der Waals surface area contributed by atoms with Gasteiger partial charge in [0.2, 0.25) is 0 Å². The molecule has 0 fully saturated rings. The van der Waals surface area contributed by atoms with Crippen molar-refractivity contribution in [2.24, 2.45) is 0 Å². The summed E-state index contributed by atoms with van der Waals surface area (Å²) in [5.74, 6) is 0.763. The van der Waals surface area contributed by atoms with Gasteiger partial charge in [-0.3, -0.25) is 0 Å². The highest BCUT2D eigenvalue weighted by Gasteiger charge is 2.19. The maximum absolute atomic E-state index is 12.5. The molecule has 0 aliphatic rings. The maximum atomic E-state index is 12.5. The minimum atomic E-state index is -0.162. The Hall–Kier alpha value is -2.69. The number of urea groups is 1. The molecule has 1 N–H and O–H groups in total. The van der Waals surface area contributed by atoms with Crippen molar-refractivity contribution >= 4 is 22.6 Å². The summed E-state index contributed by atoms with van der Waals surface area (Å²) >= 11 is 0. The maximum Gasteiger partial charge on any atom is 0.322 e. The lowest BCUT2D eigenvalue weighted by Gasteiger charge is -2.23.